The van der Waals surface area contributed by atoms with Crippen molar-refractivity contribution in [3.63, 3.8) is 0 Å². The summed E-state index contributed by atoms with van der Waals surface area (Å²) in [6.07, 6.45) is 0. The summed E-state index contributed by atoms with van der Waals surface area (Å²) in [5.41, 5.74) is 9.75. The highest BCUT2D eigenvalue weighted by molar-refractivity contribution is 6.15. The lowest BCUT2D eigenvalue weighted by molar-refractivity contribution is 0.601. The van der Waals surface area contributed by atoms with Crippen LogP contribution in [0, 0.1) is 0 Å². The van der Waals surface area contributed by atoms with Crippen LogP contribution in [0.2, 0.25) is 0 Å². The molecule has 5 aromatic rings. The van der Waals surface area contributed by atoms with Gasteiger partial charge >= 0.3 is 0 Å². The summed E-state index contributed by atoms with van der Waals surface area (Å²) in [7, 11) is 0. The van der Waals surface area contributed by atoms with E-state index in [2.05, 4.69) is 126 Å². The van der Waals surface area contributed by atoms with Crippen LogP contribution in [0.4, 0.5) is 0 Å². The van der Waals surface area contributed by atoms with Gasteiger partial charge in [-0.05, 0) is 72.0 Å². The standard InChI is InChI=1S/C33H30/c1-32(2,3)31-26-15-8-6-13-24(26)30(25-14-7-9-16-27(25)31)21-18-19-23-22-12-10-11-17-28(22)33(4,5)29(23)20-21/h6-20H,1-5H3. The van der Waals surface area contributed by atoms with E-state index in [1.54, 1.807) is 0 Å². The van der Waals surface area contributed by atoms with Crippen LogP contribution in [0.3, 0.4) is 0 Å². The molecule has 0 unspecified atom stereocenters. The van der Waals surface area contributed by atoms with Gasteiger partial charge in [0.1, 0.15) is 0 Å². The Hall–Kier alpha value is -3.38. The van der Waals surface area contributed by atoms with E-state index in [0.717, 1.165) is 0 Å². The molecule has 6 rings (SSSR count). The lowest BCUT2D eigenvalue weighted by Crippen LogP contribution is -2.15. The number of rotatable bonds is 1. The first-order valence-electron chi connectivity index (χ1n) is 12.0. The van der Waals surface area contributed by atoms with Crippen LogP contribution in [0.5, 0.6) is 0 Å². The Morgan fingerprint density at radius 2 is 1.06 bits per heavy atom. The van der Waals surface area contributed by atoms with Crippen LogP contribution < -0.4 is 0 Å². The van der Waals surface area contributed by atoms with Gasteiger partial charge in [0.2, 0.25) is 0 Å². The van der Waals surface area contributed by atoms with Crippen molar-refractivity contribution >= 4 is 21.5 Å². The molecular weight excluding hydrogens is 396 g/mol. The second-order valence-electron chi connectivity index (χ2n) is 11.0. The normalized spacial score (nSPS) is 14.5. The van der Waals surface area contributed by atoms with Crippen molar-refractivity contribution in [1.82, 2.24) is 0 Å². The summed E-state index contributed by atoms with van der Waals surface area (Å²) in [5.74, 6) is 0. The van der Waals surface area contributed by atoms with Gasteiger partial charge in [0.15, 0.2) is 0 Å². The average molecular weight is 427 g/mol. The minimum Gasteiger partial charge on any atom is -0.0619 e. The second-order valence-corrected chi connectivity index (χ2v) is 11.0. The van der Waals surface area contributed by atoms with Crippen LogP contribution in [-0.4, -0.2) is 0 Å². The van der Waals surface area contributed by atoms with E-state index in [4.69, 9.17) is 0 Å². The van der Waals surface area contributed by atoms with Crippen LogP contribution in [0.1, 0.15) is 51.3 Å². The summed E-state index contributed by atoms with van der Waals surface area (Å²) in [6.45, 7) is 11.7. The van der Waals surface area contributed by atoms with E-state index in [9.17, 15) is 0 Å². The molecule has 0 aliphatic heterocycles. The number of benzene rings is 5. The molecule has 0 radical (unpaired) electrons. The van der Waals surface area contributed by atoms with Gasteiger partial charge in [-0.15, -0.1) is 0 Å². The van der Waals surface area contributed by atoms with Gasteiger partial charge in [-0.25, -0.2) is 0 Å². The highest BCUT2D eigenvalue weighted by Gasteiger charge is 2.35. The van der Waals surface area contributed by atoms with Crippen molar-refractivity contribution < 1.29 is 0 Å². The summed E-state index contributed by atoms with van der Waals surface area (Å²) >= 11 is 0. The molecular formula is C33H30. The van der Waals surface area contributed by atoms with E-state index >= 15 is 0 Å². The topological polar surface area (TPSA) is 0 Å². The molecule has 0 bridgehead atoms. The van der Waals surface area contributed by atoms with E-state index in [1.807, 2.05) is 0 Å². The van der Waals surface area contributed by atoms with E-state index in [-0.39, 0.29) is 10.8 Å². The molecule has 0 spiro atoms. The van der Waals surface area contributed by atoms with Gasteiger partial charge in [0, 0.05) is 5.41 Å². The predicted molar refractivity (Wildman–Crippen MR) is 143 cm³/mol. The molecule has 0 atom stereocenters. The zero-order chi connectivity index (χ0) is 23.0. The average Bonchev–Trinajstić information content (AvgIpc) is 3.03. The van der Waals surface area contributed by atoms with E-state index in [0.29, 0.717) is 0 Å². The molecule has 5 aromatic carbocycles. The van der Waals surface area contributed by atoms with Crippen LogP contribution in [0.15, 0.2) is 91.0 Å². The van der Waals surface area contributed by atoms with Crippen LogP contribution >= 0.6 is 0 Å². The molecule has 1 aliphatic carbocycles. The molecule has 33 heavy (non-hydrogen) atoms. The molecule has 0 fully saturated rings. The summed E-state index contributed by atoms with van der Waals surface area (Å²) in [5, 5.41) is 5.41. The molecule has 0 heteroatoms. The van der Waals surface area contributed by atoms with E-state index < -0.39 is 0 Å². The first-order chi connectivity index (χ1) is 15.8. The van der Waals surface area contributed by atoms with Gasteiger partial charge in [0.05, 0.1) is 0 Å². The second kappa shape index (κ2) is 6.81. The van der Waals surface area contributed by atoms with Gasteiger partial charge in [-0.3, -0.25) is 0 Å². The van der Waals surface area contributed by atoms with Gasteiger partial charge < -0.3 is 0 Å². The zero-order valence-electron chi connectivity index (χ0n) is 20.2. The lowest BCUT2D eigenvalue weighted by Gasteiger charge is -2.27. The highest BCUT2D eigenvalue weighted by Crippen LogP contribution is 2.51. The van der Waals surface area contributed by atoms with Crippen LogP contribution in [-0.2, 0) is 10.8 Å². The summed E-state index contributed by atoms with van der Waals surface area (Å²) < 4.78 is 0. The van der Waals surface area contributed by atoms with Crippen molar-refractivity contribution in [3.05, 3.63) is 108 Å². The zero-order valence-corrected chi connectivity index (χ0v) is 20.2. The molecule has 162 valence electrons. The Bertz CT molecular complexity index is 1500. The SMILES string of the molecule is CC(C)(C)c1c2ccccc2c(-c2ccc3c(c2)C(C)(C)c2ccccc2-3)c2ccccc12. The van der Waals surface area contributed by atoms with Gasteiger partial charge in [0.25, 0.3) is 0 Å². The molecule has 0 nitrogen and oxygen atoms in total. The Morgan fingerprint density at radius 3 is 1.67 bits per heavy atom. The van der Waals surface area contributed by atoms with Gasteiger partial charge in [-0.2, -0.15) is 0 Å². The molecule has 1 aliphatic rings. The van der Waals surface area contributed by atoms with Crippen molar-refractivity contribution in [2.45, 2.75) is 45.4 Å². The van der Waals surface area contributed by atoms with Gasteiger partial charge in [-0.1, -0.05) is 120 Å². The Balaban J connectivity index is 1.72. The Labute approximate surface area is 196 Å². The smallest absolute Gasteiger partial charge is 0.0159 e. The molecule has 0 heterocycles. The highest BCUT2D eigenvalue weighted by atomic mass is 14.4. The largest absolute Gasteiger partial charge is 0.0619 e. The fraction of sp³-hybridized carbons (Fsp3) is 0.212. The summed E-state index contributed by atoms with van der Waals surface area (Å²) in [4.78, 5) is 0. The van der Waals surface area contributed by atoms with Crippen molar-refractivity contribution in [2.75, 3.05) is 0 Å². The molecule has 0 saturated carbocycles. The predicted octanol–water partition coefficient (Wildman–Crippen LogP) is 9.26. The van der Waals surface area contributed by atoms with Crippen LogP contribution in [0.25, 0.3) is 43.8 Å². The Morgan fingerprint density at radius 1 is 0.545 bits per heavy atom. The number of hydrogen-bond acceptors (Lipinski definition) is 0. The maximum atomic E-state index is 2.46. The minimum absolute atomic E-state index is 0.00110. The molecule has 0 amide bonds. The number of fused-ring (bicyclic) bond motifs is 5. The first kappa shape index (κ1) is 20.2. The molecule has 0 N–H and O–H groups in total. The van der Waals surface area contributed by atoms with Crippen molar-refractivity contribution in [2.24, 2.45) is 0 Å². The summed E-state index contributed by atoms with van der Waals surface area (Å²) in [6, 6.07) is 34.0. The molecule has 0 aromatic heterocycles. The van der Waals surface area contributed by atoms with E-state index in [1.165, 1.54) is 60.5 Å². The maximum Gasteiger partial charge on any atom is 0.0159 e. The van der Waals surface area contributed by atoms with Crippen molar-refractivity contribution in [3.8, 4) is 22.3 Å². The minimum atomic E-state index is -0.00110. The van der Waals surface area contributed by atoms with Crippen molar-refractivity contribution in [1.29, 1.82) is 0 Å². The molecule has 0 saturated heterocycles. The third-order valence-electron chi connectivity index (χ3n) is 7.55. The maximum absolute atomic E-state index is 2.46. The first-order valence-corrected chi connectivity index (χ1v) is 12.0. The lowest BCUT2D eigenvalue weighted by atomic mass is 9.77. The fourth-order valence-corrected chi connectivity index (χ4v) is 6.11. The fourth-order valence-electron chi connectivity index (χ4n) is 6.11. The quantitative estimate of drug-likeness (QED) is 0.234. The third-order valence-corrected chi connectivity index (χ3v) is 7.55. The number of hydrogen-bond donors (Lipinski definition) is 0. The monoisotopic (exact) mass is 426 g/mol. The Kier molecular flexibility index (Phi) is 4.18. The third kappa shape index (κ3) is 2.83.